The third kappa shape index (κ3) is 3.53. The van der Waals surface area contributed by atoms with Crippen LogP contribution in [0.4, 0.5) is 5.69 Å². The first-order valence-corrected chi connectivity index (χ1v) is 9.27. The third-order valence-electron chi connectivity index (χ3n) is 4.18. The second-order valence-electron chi connectivity index (χ2n) is 5.78. The average molecular weight is 334 g/mol. The summed E-state index contributed by atoms with van der Waals surface area (Å²) in [6, 6.07) is 6.91. The van der Waals surface area contributed by atoms with Crippen LogP contribution in [0, 0.1) is 0 Å². The van der Waals surface area contributed by atoms with Crippen molar-refractivity contribution in [3.63, 3.8) is 0 Å². The Morgan fingerprint density at radius 3 is 2.52 bits per heavy atom. The highest BCUT2D eigenvalue weighted by Gasteiger charge is 2.42. The normalized spacial score (nSPS) is 22.7. The number of benzene rings is 1. The van der Waals surface area contributed by atoms with Crippen LogP contribution < -0.4 is 9.64 Å². The number of carbonyl (C=O) groups is 2. The SMILES string of the molecule is CCCOc1ccc(N2C(=O)C[C@@H](N3CCSCC3)C2=O)cc1. The average Bonchev–Trinajstić information content (AvgIpc) is 2.89. The number of ether oxygens (including phenoxy) is 1. The minimum absolute atomic E-state index is 0.0934. The summed E-state index contributed by atoms with van der Waals surface area (Å²) in [6.07, 6.45) is 1.23. The number of nitrogens with zero attached hydrogens (tertiary/aromatic N) is 2. The van der Waals surface area contributed by atoms with Crippen LogP contribution in [-0.4, -0.2) is 54.0 Å². The van der Waals surface area contributed by atoms with Crippen LogP contribution in [0.1, 0.15) is 19.8 Å². The smallest absolute Gasteiger partial charge is 0.251 e. The van der Waals surface area contributed by atoms with E-state index in [1.807, 2.05) is 23.9 Å². The summed E-state index contributed by atoms with van der Waals surface area (Å²) >= 11 is 1.90. The van der Waals surface area contributed by atoms with E-state index in [-0.39, 0.29) is 24.3 Å². The van der Waals surface area contributed by atoms with Crippen molar-refractivity contribution in [1.82, 2.24) is 4.90 Å². The summed E-state index contributed by atoms with van der Waals surface area (Å²) in [7, 11) is 0. The lowest BCUT2D eigenvalue weighted by molar-refractivity contribution is -0.122. The lowest BCUT2D eigenvalue weighted by Crippen LogP contribution is -2.45. The molecule has 5 nitrogen and oxygen atoms in total. The summed E-state index contributed by atoms with van der Waals surface area (Å²) in [5.74, 6) is 2.62. The fourth-order valence-electron chi connectivity index (χ4n) is 2.97. The highest BCUT2D eigenvalue weighted by molar-refractivity contribution is 7.99. The minimum atomic E-state index is -0.292. The Kier molecular flexibility index (Phi) is 5.23. The van der Waals surface area contributed by atoms with Crippen molar-refractivity contribution in [3.05, 3.63) is 24.3 Å². The van der Waals surface area contributed by atoms with Crippen LogP contribution in [-0.2, 0) is 9.59 Å². The number of amides is 2. The second-order valence-corrected chi connectivity index (χ2v) is 7.00. The zero-order valence-corrected chi connectivity index (χ0v) is 14.2. The van der Waals surface area contributed by atoms with E-state index in [9.17, 15) is 9.59 Å². The second kappa shape index (κ2) is 7.36. The van der Waals surface area contributed by atoms with Gasteiger partial charge in [0, 0.05) is 24.6 Å². The summed E-state index contributed by atoms with van der Waals surface area (Å²) < 4.78 is 5.54. The molecule has 2 fully saturated rings. The molecule has 1 atom stereocenters. The zero-order chi connectivity index (χ0) is 16.2. The van der Waals surface area contributed by atoms with E-state index in [0.29, 0.717) is 12.3 Å². The van der Waals surface area contributed by atoms with Crippen molar-refractivity contribution in [3.8, 4) is 5.75 Å². The largest absolute Gasteiger partial charge is 0.494 e. The number of anilines is 1. The van der Waals surface area contributed by atoms with Gasteiger partial charge in [0.1, 0.15) is 5.75 Å². The van der Waals surface area contributed by atoms with Crippen LogP contribution >= 0.6 is 11.8 Å². The van der Waals surface area contributed by atoms with Crippen LogP contribution in [0.2, 0.25) is 0 Å². The number of hydrogen-bond acceptors (Lipinski definition) is 5. The van der Waals surface area contributed by atoms with Gasteiger partial charge in [-0.05, 0) is 30.7 Å². The molecule has 0 N–H and O–H groups in total. The molecule has 0 aliphatic carbocycles. The first-order chi connectivity index (χ1) is 11.2. The molecule has 6 heteroatoms. The predicted molar refractivity (Wildman–Crippen MR) is 92.0 cm³/mol. The van der Waals surface area contributed by atoms with Gasteiger partial charge in [0.15, 0.2) is 0 Å². The molecule has 2 aliphatic rings. The molecule has 1 aromatic carbocycles. The molecular formula is C17H22N2O3S. The molecule has 3 rings (SSSR count). The van der Waals surface area contributed by atoms with Gasteiger partial charge in [0.2, 0.25) is 5.91 Å². The first-order valence-electron chi connectivity index (χ1n) is 8.12. The van der Waals surface area contributed by atoms with Crippen molar-refractivity contribution in [2.24, 2.45) is 0 Å². The van der Waals surface area contributed by atoms with Crippen LogP contribution in [0.3, 0.4) is 0 Å². The number of imide groups is 1. The van der Waals surface area contributed by atoms with Crippen molar-refractivity contribution in [2.75, 3.05) is 36.1 Å². The molecule has 2 saturated heterocycles. The summed E-state index contributed by atoms with van der Waals surface area (Å²) in [6.45, 7) is 4.48. The van der Waals surface area contributed by atoms with Crippen molar-refractivity contribution in [2.45, 2.75) is 25.8 Å². The molecule has 23 heavy (non-hydrogen) atoms. The Bertz CT molecular complexity index is 570. The Morgan fingerprint density at radius 1 is 1.17 bits per heavy atom. The van der Waals surface area contributed by atoms with E-state index in [2.05, 4.69) is 11.8 Å². The molecule has 0 unspecified atom stereocenters. The Labute approximate surface area is 141 Å². The topological polar surface area (TPSA) is 49.9 Å². The van der Waals surface area contributed by atoms with Gasteiger partial charge in [-0.25, -0.2) is 4.90 Å². The van der Waals surface area contributed by atoms with Crippen molar-refractivity contribution < 1.29 is 14.3 Å². The van der Waals surface area contributed by atoms with E-state index in [1.54, 1.807) is 12.1 Å². The standard InChI is InChI=1S/C17H22N2O3S/c1-2-9-22-14-5-3-13(4-6-14)19-16(20)12-15(17(19)21)18-7-10-23-11-8-18/h3-6,15H,2,7-12H2,1H3/t15-/m1/s1. The van der Waals surface area contributed by atoms with Gasteiger partial charge < -0.3 is 4.74 Å². The summed E-state index contributed by atoms with van der Waals surface area (Å²) in [5.41, 5.74) is 0.637. The fraction of sp³-hybridized carbons (Fsp3) is 0.529. The Balaban J connectivity index is 1.71. The fourth-order valence-corrected chi connectivity index (χ4v) is 3.90. The molecule has 0 spiro atoms. The molecule has 0 saturated carbocycles. The highest BCUT2D eigenvalue weighted by atomic mass is 32.2. The molecule has 2 amide bonds. The third-order valence-corrected chi connectivity index (χ3v) is 5.12. The number of carbonyl (C=O) groups excluding carboxylic acids is 2. The number of thioether (sulfide) groups is 1. The first kappa shape index (κ1) is 16.3. The highest BCUT2D eigenvalue weighted by Crippen LogP contribution is 2.28. The van der Waals surface area contributed by atoms with E-state index in [4.69, 9.17) is 4.74 Å². The molecule has 2 aliphatic heterocycles. The van der Waals surface area contributed by atoms with Crippen LogP contribution in [0.15, 0.2) is 24.3 Å². The molecule has 0 radical (unpaired) electrons. The monoisotopic (exact) mass is 334 g/mol. The van der Waals surface area contributed by atoms with Gasteiger partial charge in [-0.15, -0.1) is 0 Å². The lowest BCUT2D eigenvalue weighted by Gasteiger charge is -2.30. The summed E-state index contributed by atoms with van der Waals surface area (Å²) in [5, 5.41) is 0. The van der Waals surface area contributed by atoms with Gasteiger partial charge in [-0.1, -0.05) is 6.92 Å². The van der Waals surface area contributed by atoms with Gasteiger partial charge >= 0.3 is 0 Å². The van der Waals surface area contributed by atoms with E-state index < -0.39 is 0 Å². The van der Waals surface area contributed by atoms with E-state index in [1.165, 1.54) is 4.90 Å². The van der Waals surface area contributed by atoms with Gasteiger partial charge in [-0.3, -0.25) is 14.5 Å². The molecule has 124 valence electrons. The van der Waals surface area contributed by atoms with E-state index in [0.717, 1.165) is 36.8 Å². The number of rotatable bonds is 5. The predicted octanol–water partition coefficient (Wildman–Crippen LogP) is 2.16. The zero-order valence-electron chi connectivity index (χ0n) is 13.4. The van der Waals surface area contributed by atoms with Gasteiger partial charge in [0.25, 0.3) is 5.91 Å². The molecule has 2 heterocycles. The molecule has 1 aromatic rings. The van der Waals surface area contributed by atoms with Crippen molar-refractivity contribution >= 4 is 29.3 Å². The quantitative estimate of drug-likeness (QED) is 0.772. The maximum absolute atomic E-state index is 12.7. The van der Waals surface area contributed by atoms with E-state index >= 15 is 0 Å². The molecular weight excluding hydrogens is 312 g/mol. The summed E-state index contributed by atoms with van der Waals surface area (Å²) in [4.78, 5) is 28.5. The van der Waals surface area contributed by atoms with Crippen LogP contribution in [0.5, 0.6) is 5.75 Å². The lowest BCUT2D eigenvalue weighted by atomic mass is 10.2. The molecule has 0 aromatic heterocycles. The van der Waals surface area contributed by atoms with Crippen molar-refractivity contribution in [1.29, 1.82) is 0 Å². The van der Waals surface area contributed by atoms with Gasteiger partial charge in [-0.2, -0.15) is 11.8 Å². The van der Waals surface area contributed by atoms with Gasteiger partial charge in [0.05, 0.1) is 24.8 Å². The Morgan fingerprint density at radius 2 is 1.87 bits per heavy atom. The number of hydrogen-bond donors (Lipinski definition) is 0. The van der Waals surface area contributed by atoms with Crippen LogP contribution in [0.25, 0.3) is 0 Å². The Hall–Kier alpha value is -1.53. The molecule has 0 bridgehead atoms. The maximum atomic E-state index is 12.7. The minimum Gasteiger partial charge on any atom is -0.494 e. The maximum Gasteiger partial charge on any atom is 0.251 e.